The van der Waals surface area contributed by atoms with E-state index in [1.807, 2.05) is 19.1 Å². The summed E-state index contributed by atoms with van der Waals surface area (Å²) in [7, 11) is 1.59. The lowest BCUT2D eigenvalue weighted by Gasteiger charge is -2.05. The molecule has 2 rings (SSSR count). The van der Waals surface area contributed by atoms with Crippen LogP contribution in [0.25, 0.3) is 10.9 Å². The van der Waals surface area contributed by atoms with E-state index in [-0.39, 0.29) is 0 Å². The van der Waals surface area contributed by atoms with Crippen molar-refractivity contribution in [3.8, 4) is 18.1 Å². The Kier molecular flexibility index (Phi) is 2.26. The monoisotopic (exact) mass is 198 g/mol. The zero-order chi connectivity index (χ0) is 10.8. The molecule has 0 aliphatic rings. The molecule has 15 heavy (non-hydrogen) atoms. The standard InChI is InChI=1S/C12H10N2O/c1-4-9-5-10-7-13-8(2)14-11(10)6-12(9)15-3/h1,5-7H,2-3H3. The molecule has 1 aromatic heterocycles. The largest absolute Gasteiger partial charge is 0.495 e. The quantitative estimate of drug-likeness (QED) is 0.657. The first-order valence-corrected chi connectivity index (χ1v) is 4.52. The van der Waals surface area contributed by atoms with Crippen molar-refractivity contribution in [2.75, 3.05) is 7.11 Å². The molecule has 74 valence electrons. The van der Waals surface area contributed by atoms with E-state index in [1.165, 1.54) is 0 Å². The third kappa shape index (κ3) is 1.62. The van der Waals surface area contributed by atoms with E-state index in [2.05, 4.69) is 15.9 Å². The number of methoxy groups -OCH3 is 1. The minimum atomic E-state index is 0.670. The number of benzene rings is 1. The van der Waals surface area contributed by atoms with Crippen molar-refractivity contribution in [2.24, 2.45) is 0 Å². The van der Waals surface area contributed by atoms with Gasteiger partial charge in [-0.05, 0) is 13.0 Å². The highest BCUT2D eigenvalue weighted by Gasteiger charge is 2.04. The Balaban J connectivity index is 2.77. The van der Waals surface area contributed by atoms with Gasteiger partial charge in [0.1, 0.15) is 11.6 Å². The molecule has 0 saturated heterocycles. The smallest absolute Gasteiger partial charge is 0.136 e. The normalized spacial score (nSPS) is 9.93. The van der Waals surface area contributed by atoms with Crippen LogP contribution in [0.15, 0.2) is 18.3 Å². The van der Waals surface area contributed by atoms with Gasteiger partial charge in [-0.1, -0.05) is 5.92 Å². The number of fused-ring (bicyclic) bond motifs is 1. The van der Waals surface area contributed by atoms with Crippen LogP contribution >= 0.6 is 0 Å². The SMILES string of the molecule is C#Cc1cc2cnc(C)nc2cc1OC. The van der Waals surface area contributed by atoms with E-state index >= 15 is 0 Å². The molecule has 0 atom stereocenters. The third-order valence-corrected chi connectivity index (χ3v) is 2.18. The summed E-state index contributed by atoms with van der Waals surface area (Å²) in [5.41, 5.74) is 1.57. The van der Waals surface area contributed by atoms with Crippen molar-refractivity contribution in [1.82, 2.24) is 9.97 Å². The number of terminal acetylenes is 1. The summed E-state index contributed by atoms with van der Waals surface area (Å²) in [5.74, 6) is 3.98. The van der Waals surface area contributed by atoms with Gasteiger partial charge in [-0.15, -0.1) is 6.42 Å². The van der Waals surface area contributed by atoms with Crippen LogP contribution < -0.4 is 4.74 Å². The molecule has 0 amide bonds. The Labute approximate surface area is 88.1 Å². The molecule has 1 aromatic carbocycles. The van der Waals surface area contributed by atoms with E-state index in [1.54, 1.807) is 13.3 Å². The maximum absolute atomic E-state index is 5.38. The zero-order valence-corrected chi connectivity index (χ0v) is 8.61. The summed E-state index contributed by atoms with van der Waals surface area (Å²) in [6.07, 6.45) is 7.14. The van der Waals surface area contributed by atoms with Gasteiger partial charge < -0.3 is 4.74 Å². The lowest BCUT2D eigenvalue weighted by molar-refractivity contribution is 0.414. The summed E-state index contributed by atoms with van der Waals surface area (Å²) in [4.78, 5) is 8.42. The second-order valence-electron chi connectivity index (χ2n) is 3.17. The van der Waals surface area contributed by atoms with Gasteiger partial charge in [0.15, 0.2) is 0 Å². The van der Waals surface area contributed by atoms with Crippen LogP contribution in [0, 0.1) is 19.3 Å². The van der Waals surface area contributed by atoms with E-state index in [9.17, 15) is 0 Å². The third-order valence-electron chi connectivity index (χ3n) is 2.18. The number of aryl methyl sites for hydroxylation is 1. The Morgan fingerprint density at radius 2 is 2.20 bits per heavy atom. The summed E-state index contributed by atoms with van der Waals surface area (Å²) in [5, 5.41) is 0.925. The lowest BCUT2D eigenvalue weighted by Crippen LogP contribution is -1.92. The zero-order valence-electron chi connectivity index (χ0n) is 8.61. The minimum Gasteiger partial charge on any atom is -0.495 e. The molecule has 0 bridgehead atoms. The molecule has 3 nitrogen and oxygen atoms in total. The highest BCUT2D eigenvalue weighted by Crippen LogP contribution is 2.23. The van der Waals surface area contributed by atoms with Crippen LogP contribution in [0.1, 0.15) is 11.4 Å². The average molecular weight is 198 g/mol. The minimum absolute atomic E-state index is 0.670. The fourth-order valence-electron chi connectivity index (χ4n) is 1.43. The lowest BCUT2D eigenvalue weighted by atomic mass is 10.1. The topological polar surface area (TPSA) is 35.0 Å². The highest BCUT2D eigenvalue weighted by atomic mass is 16.5. The molecule has 0 aliphatic carbocycles. The molecular formula is C12H10N2O. The van der Waals surface area contributed by atoms with Crippen molar-refractivity contribution in [3.63, 3.8) is 0 Å². The molecule has 0 spiro atoms. The Bertz CT molecular complexity index is 555. The summed E-state index contributed by atoms with van der Waals surface area (Å²) < 4.78 is 5.18. The average Bonchev–Trinajstić information content (AvgIpc) is 2.27. The van der Waals surface area contributed by atoms with E-state index in [4.69, 9.17) is 11.2 Å². The Morgan fingerprint density at radius 1 is 1.40 bits per heavy atom. The molecule has 0 saturated carbocycles. The Hall–Kier alpha value is -2.08. The van der Waals surface area contributed by atoms with Crippen LogP contribution in [0.3, 0.4) is 0 Å². The van der Waals surface area contributed by atoms with Crippen LogP contribution in [0.4, 0.5) is 0 Å². The summed E-state index contributed by atoms with van der Waals surface area (Å²) >= 11 is 0. The second kappa shape index (κ2) is 3.58. The van der Waals surface area contributed by atoms with Gasteiger partial charge in [0.2, 0.25) is 0 Å². The maximum Gasteiger partial charge on any atom is 0.136 e. The number of hydrogen-bond donors (Lipinski definition) is 0. The van der Waals surface area contributed by atoms with E-state index < -0.39 is 0 Å². The van der Waals surface area contributed by atoms with E-state index in [0.29, 0.717) is 5.75 Å². The first-order chi connectivity index (χ1) is 7.24. The van der Waals surface area contributed by atoms with Crippen molar-refractivity contribution < 1.29 is 4.74 Å². The van der Waals surface area contributed by atoms with Gasteiger partial charge >= 0.3 is 0 Å². The Morgan fingerprint density at radius 3 is 2.87 bits per heavy atom. The van der Waals surface area contributed by atoms with Crippen LogP contribution in [-0.4, -0.2) is 17.1 Å². The van der Waals surface area contributed by atoms with Gasteiger partial charge in [0, 0.05) is 17.6 Å². The molecule has 0 unspecified atom stereocenters. The molecule has 0 N–H and O–H groups in total. The molecule has 1 heterocycles. The second-order valence-corrected chi connectivity index (χ2v) is 3.17. The van der Waals surface area contributed by atoms with Crippen LogP contribution in [0.5, 0.6) is 5.75 Å². The number of ether oxygens (including phenoxy) is 1. The van der Waals surface area contributed by atoms with Crippen molar-refractivity contribution in [3.05, 3.63) is 29.7 Å². The molecular weight excluding hydrogens is 188 g/mol. The number of nitrogens with zero attached hydrogens (tertiary/aromatic N) is 2. The van der Waals surface area contributed by atoms with Gasteiger partial charge in [-0.25, -0.2) is 9.97 Å². The summed E-state index contributed by atoms with van der Waals surface area (Å²) in [6.45, 7) is 1.85. The van der Waals surface area contributed by atoms with Crippen molar-refractivity contribution in [1.29, 1.82) is 0 Å². The molecule has 0 aliphatic heterocycles. The fourth-order valence-corrected chi connectivity index (χ4v) is 1.43. The predicted molar refractivity (Wildman–Crippen MR) is 58.8 cm³/mol. The highest BCUT2D eigenvalue weighted by molar-refractivity contribution is 5.81. The van der Waals surface area contributed by atoms with Gasteiger partial charge in [0.05, 0.1) is 18.2 Å². The van der Waals surface area contributed by atoms with E-state index in [0.717, 1.165) is 22.3 Å². The molecule has 2 aromatic rings. The van der Waals surface area contributed by atoms with Gasteiger partial charge in [0.25, 0.3) is 0 Å². The predicted octanol–water partition coefficient (Wildman–Crippen LogP) is 1.93. The van der Waals surface area contributed by atoms with Gasteiger partial charge in [-0.2, -0.15) is 0 Å². The molecule has 0 fully saturated rings. The van der Waals surface area contributed by atoms with Crippen molar-refractivity contribution in [2.45, 2.75) is 6.92 Å². The number of hydrogen-bond acceptors (Lipinski definition) is 3. The first kappa shape index (κ1) is 9.47. The number of aromatic nitrogens is 2. The van der Waals surface area contributed by atoms with Crippen LogP contribution in [-0.2, 0) is 0 Å². The summed E-state index contributed by atoms with van der Waals surface area (Å²) in [6, 6.07) is 3.69. The van der Waals surface area contributed by atoms with Gasteiger partial charge in [-0.3, -0.25) is 0 Å². The molecule has 3 heteroatoms. The van der Waals surface area contributed by atoms with Crippen LogP contribution in [0.2, 0.25) is 0 Å². The van der Waals surface area contributed by atoms with Crippen molar-refractivity contribution >= 4 is 10.9 Å². The fraction of sp³-hybridized carbons (Fsp3) is 0.167. The number of rotatable bonds is 1. The first-order valence-electron chi connectivity index (χ1n) is 4.52. The maximum atomic E-state index is 5.38. The molecule has 0 radical (unpaired) electrons.